The number of carbonyl (C=O) groups is 1. The van der Waals surface area contributed by atoms with Crippen molar-refractivity contribution in [3.63, 3.8) is 0 Å². The van der Waals surface area contributed by atoms with E-state index in [0.717, 1.165) is 13.0 Å². The summed E-state index contributed by atoms with van der Waals surface area (Å²) >= 11 is 1.52. The van der Waals surface area contributed by atoms with Crippen molar-refractivity contribution < 1.29 is 9.53 Å². The summed E-state index contributed by atoms with van der Waals surface area (Å²) in [6, 6.07) is 6.80. The van der Waals surface area contributed by atoms with Crippen molar-refractivity contribution in [1.29, 1.82) is 5.26 Å². The second-order valence-corrected chi connectivity index (χ2v) is 7.77. The molecule has 0 saturated heterocycles. The van der Waals surface area contributed by atoms with Crippen LogP contribution in [0.15, 0.2) is 29.4 Å². The molecule has 25 heavy (non-hydrogen) atoms. The minimum atomic E-state index is -0.402. The molecule has 2 aromatic rings. The molecule has 1 aromatic heterocycles. The summed E-state index contributed by atoms with van der Waals surface area (Å²) in [4.78, 5) is 18.9. The number of amides is 1. The van der Waals surface area contributed by atoms with Crippen LogP contribution < -0.4 is 9.54 Å². The number of aryl methyl sites for hydroxylation is 1. The Morgan fingerprint density at radius 3 is 2.68 bits per heavy atom. The molecule has 1 amide bonds. The molecule has 1 aromatic carbocycles. The van der Waals surface area contributed by atoms with E-state index in [1.165, 1.54) is 29.4 Å². The van der Waals surface area contributed by atoms with Crippen LogP contribution in [0.2, 0.25) is 0 Å². The van der Waals surface area contributed by atoms with Crippen molar-refractivity contribution in [2.75, 3.05) is 7.11 Å². The Morgan fingerprint density at radius 1 is 1.40 bits per heavy atom. The summed E-state index contributed by atoms with van der Waals surface area (Å²) in [5, 5.41) is 9.07. The molecule has 0 atom stereocenters. The minimum Gasteiger partial charge on any atom is -0.496 e. The first-order valence-corrected chi connectivity index (χ1v) is 8.99. The number of rotatable bonds is 4. The molecule has 0 radical (unpaired) electrons. The molecule has 0 N–H and O–H groups in total. The van der Waals surface area contributed by atoms with E-state index < -0.39 is 5.91 Å². The minimum absolute atomic E-state index is 0.00457. The summed E-state index contributed by atoms with van der Waals surface area (Å²) in [6.45, 7) is 9.31. The van der Waals surface area contributed by atoms with Gasteiger partial charge in [-0.15, -0.1) is 11.3 Å². The number of hydrogen-bond acceptors (Lipinski definition) is 4. The van der Waals surface area contributed by atoms with Crippen LogP contribution in [0.5, 0.6) is 5.75 Å². The first kappa shape index (κ1) is 18.9. The van der Waals surface area contributed by atoms with Gasteiger partial charge >= 0.3 is 0 Å². The van der Waals surface area contributed by atoms with Crippen LogP contribution in [0.3, 0.4) is 0 Å². The predicted molar refractivity (Wildman–Crippen MR) is 98.9 cm³/mol. The predicted octanol–water partition coefficient (Wildman–Crippen LogP) is 3.88. The highest BCUT2D eigenvalue weighted by Gasteiger charge is 2.19. The summed E-state index contributed by atoms with van der Waals surface area (Å²) in [5.74, 6) is 0.0171. The van der Waals surface area contributed by atoms with Gasteiger partial charge in [0.15, 0.2) is 4.80 Å². The number of ether oxygens (including phenoxy) is 1. The number of methoxy groups -OCH3 is 1. The van der Waals surface area contributed by atoms with E-state index in [2.05, 4.69) is 38.9 Å². The standard InChI is InChI=1S/C19H23N3O2S/c1-6-9-22-12-16(19(2,3)4)25-18(22)21-17(23)14-10-13(11-20)7-8-15(14)24-5/h7-8,10,12H,6,9H2,1-5H3/b21-18-. The van der Waals surface area contributed by atoms with E-state index in [-0.39, 0.29) is 5.41 Å². The van der Waals surface area contributed by atoms with E-state index in [1.54, 1.807) is 12.1 Å². The quantitative estimate of drug-likeness (QED) is 0.834. The molecule has 0 aliphatic carbocycles. The van der Waals surface area contributed by atoms with E-state index >= 15 is 0 Å². The van der Waals surface area contributed by atoms with Gasteiger partial charge in [0.2, 0.25) is 0 Å². The van der Waals surface area contributed by atoms with Crippen molar-refractivity contribution >= 4 is 17.2 Å². The maximum absolute atomic E-state index is 12.7. The van der Waals surface area contributed by atoms with Crippen molar-refractivity contribution in [3.05, 3.63) is 45.2 Å². The van der Waals surface area contributed by atoms with Gasteiger partial charge < -0.3 is 9.30 Å². The fourth-order valence-electron chi connectivity index (χ4n) is 2.31. The van der Waals surface area contributed by atoms with E-state index in [1.807, 2.05) is 10.6 Å². The SMILES string of the molecule is CCCn1cc(C(C)(C)C)s/c1=N\C(=O)c1cc(C#N)ccc1OC. The summed E-state index contributed by atoms with van der Waals surface area (Å²) in [5.41, 5.74) is 0.702. The lowest BCUT2D eigenvalue weighted by Gasteiger charge is -2.14. The fourth-order valence-corrected chi connectivity index (χ4v) is 3.38. The average Bonchev–Trinajstić information content (AvgIpc) is 2.97. The van der Waals surface area contributed by atoms with Gasteiger partial charge in [-0.05, 0) is 30.0 Å². The average molecular weight is 357 g/mol. The fraction of sp³-hybridized carbons (Fsp3) is 0.421. The maximum atomic E-state index is 12.7. The Balaban J connectivity index is 2.55. The second kappa shape index (κ2) is 7.66. The third-order valence-electron chi connectivity index (χ3n) is 3.68. The number of carbonyl (C=O) groups excluding carboxylic acids is 1. The van der Waals surface area contributed by atoms with Gasteiger partial charge in [-0.25, -0.2) is 0 Å². The lowest BCUT2D eigenvalue weighted by atomic mass is 9.95. The first-order valence-electron chi connectivity index (χ1n) is 8.18. The zero-order valence-corrected chi connectivity index (χ0v) is 16.1. The monoisotopic (exact) mass is 357 g/mol. The van der Waals surface area contributed by atoms with Gasteiger partial charge in [-0.2, -0.15) is 10.3 Å². The molecule has 1 heterocycles. The number of hydrogen-bond donors (Lipinski definition) is 0. The number of nitrogens with zero attached hydrogens (tertiary/aromatic N) is 3. The smallest absolute Gasteiger partial charge is 0.283 e. The number of nitriles is 1. The number of thiazole rings is 1. The van der Waals surface area contributed by atoms with E-state index in [9.17, 15) is 4.79 Å². The van der Waals surface area contributed by atoms with Crippen molar-refractivity contribution in [3.8, 4) is 11.8 Å². The van der Waals surface area contributed by atoms with Crippen LogP contribution >= 0.6 is 11.3 Å². The third kappa shape index (κ3) is 4.37. The summed E-state index contributed by atoms with van der Waals surface area (Å²) < 4.78 is 7.26. The van der Waals surface area contributed by atoms with Crippen LogP contribution in [0.1, 0.15) is 54.9 Å². The molecule has 6 heteroatoms. The van der Waals surface area contributed by atoms with E-state index in [4.69, 9.17) is 10.00 Å². The van der Waals surface area contributed by atoms with Crippen molar-refractivity contribution in [2.45, 2.75) is 46.1 Å². The second-order valence-electron chi connectivity index (χ2n) is 6.77. The lowest BCUT2D eigenvalue weighted by Crippen LogP contribution is -2.16. The maximum Gasteiger partial charge on any atom is 0.283 e. The molecule has 0 unspecified atom stereocenters. The number of benzene rings is 1. The van der Waals surface area contributed by atoms with Gasteiger partial charge in [-0.1, -0.05) is 27.7 Å². The highest BCUT2D eigenvalue weighted by atomic mass is 32.1. The zero-order chi connectivity index (χ0) is 18.6. The topological polar surface area (TPSA) is 67.4 Å². The Hall–Kier alpha value is -2.39. The normalized spacial score (nSPS) is 12.1. The molecule has 0 fully saturated rings. The lowest BCUT2D eigenvalue weighted by molar-refractivity contribution is 0.0995. The van der Waals surface area contributed by atoms with E-state index in [0.29, 0.717) is 21.7 Å². The molecular formula is C19H23N3O2S. The Kier molecular flexibility index (Phi) is 5.81. The van der Waals surface area contributed by atoms with Crippen molar-refractivity contribution in [2.24, 2.45) is 4.99 Å². The Labute approximate surface area is 152 Å². The van der Waals surface area contributed by atoms with Crippen molar-refractivity contribution in [1.82, 2.24) is 4.57 Å². The molecule has 0 bridgehead atoms. The van der Waals surface area contributed by atoms with Crippen LogP contribution in [0.4, 0.5) is 0 Å². The molecule has 0 aliphatic rings. The van der Waals surface area contributed by atoms with Gasteiger partial charge in [0, 0.05) is 17.6 Å². The Morgan fingerprint density at radius 2 is 2.12 bits per heavy atom. The van der Waals surface area contributed by atoms with Gasteiger partial charge in [0.1, 0.15) is 5.75 Å². The molecule has 132 valence electrons. The number of aromatic nitrogens is 1. The van der Waals surface area contributed by atoms with Gasteiger partial charge in [-0.3, -0.25) is 4.79 Å². The molecule has 2 rings (SSSR count). The van der Waals surface area contributed by atoms with Crippen LogP contribution in [-0.2, 0) is 12.0 Å². The molecular weight excluding hydrogens is 334 g/mol. The van der Waals surface area contributed by atoms with Gasteiger partial charge in [0.05, 0.1) is 24.3 Å². The highest BCUT2D eigenvalue weighted by Crippen LogP contribution is 2.25. The molecule has 5 nitrogen and oxygen atoms in total. The third-order valence-corrected chi connectivity index (χ3v) is 5.13. The zero-order valence-electron chi connectivity index (χ0n) is 15.3. The molecule has 0 spiro atoms. The summed E-state index contributed by atoms with van der Waals surface area (Å²) in [7, 11) is 1.50. The first-order chi connectivity index (χ1) is 11.8. The van der Waals surface area contributed by atoms with Gasteiger partial charge in [0.25, 0.3) is 5.91 Å². The highest BCUT2D eigenvalue weighted by molar-refractivity contribution is 7.09. The molecule has 0 aliphatic heterocycles. The molecule has 0 saturated carbocycles. The van der Waals surface area contributed by atoms with Crippen LogP contribution in [0.25, 0.3) is 0 Å². The van der Waals surface area contributed by atoms with Crippen LogP contribution in [-0.4, -0.2) is 17.6 Å². The largest absolute Gasteiger partial charge is 0.496 e. The summed E-state index contributed by atoms with van der Waals surface area (Å²) in [6.07, 6.45) is 3.03. The van der Waals surface area contributed by atoms with Crippen LogP contribution in [0, 0.1) is 11.3 Å². The Bertz CT molecular complexity index is 879.